The lowest BCUT2D eigenvalue weighted by atomic mass is 10.1. The Bertz CT molecular complexity index is 541. The van der Waals surface area contributed by atoms with E-state index in [-0.39, 0.29) is 6.04 Å². The predicted octanol–water partition coefficient (Wildman–Crippen LogP) is 3.89. The van der Waals surface area contributed by atoms with Crippen LogP contribution >= 0.6 is 11.6 Å². The molecule has 2 aromatic carbocycles. The van der Waals surface area contributed by atoms with Crippen LogP contribution in [0.25, 0.3) is 0 Å². The van der Waals surface area contributed by atoms with E-state index in [9.17, 15) is 0 Å². The lowest BCUT2D eigenvalue weighted by molar-refractivity contribution is 0.286. The summed E-state index contributed by atoms with van der Waals surface area (Å²) in [6.45, 7) is 0.598. The van der Waals surface area contributed by atoms with Gasteiger partial charge in [-0.25, -0.2) is 0 Å². The minimum atomic E-state index is 0.110. The van der Waals surface area contributed by atoms with Gasteiger partial charge in [0, 0.05) is 5.02 Å². The number of anilines is 1. The highest BCUT2D eigenvalue weighted by molar-refractivity contribution is 6.31. The topological polar surface area (TPSA) is 21.3 Å². The molecular formula is C14H12ClNO. The number of benzene rings is 2. The molecule has 86 valence electrons. The van der Waals surface area contributed by atoms with Gasteiger partial charge in [-0.05, 0) is 23.8 Å². The highest BCUT2D eigenvalue weighted by Crippen LogP contribution is 2.35. The smallest absolute Gasteiger partial charge is 0.142 e. The van der Waals surface area contributed by atoms with Gasteiger partial charge in [-0.3, -0.25) is 0 Å². The minimum absolute atomic E-state index is 0.110. The fraction of sp³-hybridized carbons (Fsp3) is 0.143. The van der Waals surface area contributed by atoms with E-state index >= 15 is 0 Å². The van der Waals surface area contributed by atoms with E-state index in [0.717, 1.165) is 22.0 Å². The van der Waals surface area contributed by atoms with E-state index in [2.05, 4.69) is 5.32 Å². The van der Waals surface area contributed by atoms with Gasteiger partial charge in [0.15, 0.2) is 0 Å². The van der Waals surface area contributed by atoms with E-state index < -0.39 is 0 Å². The van der Waals surface area contributed by atoms with Gasteiger partial charge >= 0.3 is 0 Å². The molecule has 0 saturated carbocycles. The molecule has 3 heteroatoms. The van der Waals surface area contributed by atoms with Crippen molar-refractivity contribution >= 4 is 17.3 Å². The number of rotatable bonds is 1. The minimum Gasteiger partial charge on any atom is -0.489 e. The van der Waals surface area contributed by atoms with E-state index in [1.165, 1.54) is 0 Å². The molecule has 3 rings (SSSR count). The van der Waals surface area contributed by atoms with Crippen molar-refractivity contribution in [3.8, 4) is 5.75 Å². The van der Waals surface area contributed by atoms with Crippen LogP contribution in [0.2, 0.25) is 5.02 Å². The Morgan fingerprint density at radius 1 is 1.06 bits per heavy atom. The van der Waals surface area contributed by atoms with Crippen molar-refractivity contribution in [2.75, 3.05) is 11.9 Å². The van der Waals surface area contributed by atoms with Gasteiger partial charge in [-0.2, -0.15) is 0 Å². The van der Waals surface area contributed by atoms with E-state index in [1.54, 1.807) is 0 Å². The molecule has 0 aliphatic carbocycles. The van der Waals surface area contributed by atoms with Crippen molar-refractivity contribution in [3.63, 3.8) is 0 Å². The first kappa shape index (κ1) is 10.5. The van der Waals surface area contributed by atoms with Crippen LogP contribution in [-0.2, 0) is 0 Å². The average molecular weight is 246 g/mol. The van der Waals surface area contributed by atoms with E-state index in [0.29, 0.717) is 6.61 Å². The lowest BCUT2D eigenvalue weighted by Gasteiger charge is -2.28. The Hall–Kier alpha value is -1.67. The standard InChI is InChI=1S/C14H12ClNO/c15-11-6-2-1-5-10(11)13-9-17-14-8-4-3-7-12(14)16-13/h1-8,13,16H,9H2/t13-/m0/s1. The largest absolute Gasteiger partial charge is 0.489 e. The highest BCUT2D eigenvalue weighted by atomic mass is 35.5. The quantitative estimate of drug-likeness (QED) is 0.823. The molecule has 1 aliphatic heterocycles. The Balaban J connectivity index is 1.92. The zero-order valence-corrected chi connectivity index (χ0v) is 9.95. The summed E-state index contributed by atoms with van der Waals surface area (Å²) in [7, 11) is 0. The van der Waals surface area contributed by atoms with Crippen LogP contribution in [0.3, 0.4) is 0 Å². The van der Waals surface area contributed by atoms with Crippen molar-refractivity contribution in [3.05, 3.63) is 59.1 Å². The Labute approximate surface area is 105 Å². The van der Waals surface area contributed by atoms with Crippen LogP contribution in [0.5, 0.6) is 5.75 Å². The number of halogens is 1. The fourth-order valence-corrected chi connectivity index (χ4v) is 2.31. The molecule has 1 aliphatic rings. The summed E-state index contributed by atoms with van der Waals surface area (Å²) in [6, 6.07) is 15.9. The first-order chi connectivity index (χ1) is 8.34. The molecule has 0 radical (unpaired) electrons. The van der Waals surface area contributed by atoms with Crippen LogP contribution in [0.1, 0.15) is 11.6 Å². The monoisotopic (exact) mass is 245 g/mol. The Morgan fingerprint density at radius 3 is 2.71 bits per heavy atom. The molecule has 1 heterocycles. The maximum atomic E-state index is 6.19. The van der Waals surface area contributed by atoms with Gasteiger partial charge < -0.3 is 10.1 Å². The normalized spacial score (nSPS) is 17.8. The fourth-order valence-electron chi connectivity index (χ4n) is 2.04. The van der Waals surface area contributed by atoms with Gasteiger partial charge in [0.2, 0.25) is 0 Å². The van der Waals surface area contributed by atoms with Crippen LogP contribution in [0.15, 0.2) is 48.5 Å². The van der Waals surface area contributed by atoms with E-state index in [4.69, 9.17) is 16.3 Å². The molecule has 0 spiro atoms. The van der Waals surface area contributed by atoms with Gasteiger partial charge in [-0.15, -0.1) is 0 Å². The molecule has 1 atom stereocenters. The summed E-state index contributed by atoms with van der Waals surface area (Å²) in [5.41, 5.74) is 2.09. The summed E-state index contributed by atoms with van der Waals surface area (Å²) in [6.07, 6.45) is 0. The number of para-hydroxylation sites is 2. The SMILES string of the molecule is Clc1ccccc1[C@@H]1COc2ccccc2N1. The molecule has 1 N–H and O–H groups in total. The third kappa shape index (κ3) is 1.96. The number of nitrogens with one attached hydrogen (secondary N) is 1. The number of hydrogen-bond donors (Lipinski definition) is 1. The molecular weight excluding hydrogens is 234 g/mol. The summed E-state index contributed by atoms with van der Waals surface area (Å²) >= 11 is 6.19. The molecule has 0 unspecified atom stereocenters. The number of hydrogen-bond acceptors (Lipinski definition) is 2. The van der Waals surface area contributed by atoms with Gasteiger partial charge in [-0.1, -0.05) is 41.9 Å². The van der Waals surface area contributed by atoms with Gasteiger partial charge in [0.25, 0.3) is 0 Å². The summed E-state index contributed by atoms with van der Waals surface area (Å²) in [4.78, 5) is 0. The summed E-state index contributed by atoms with van der Waals surface area (Å²) in [5, 5.41) is 4.22. The number of fused-ring (bicyclic) bond motifs is 1. The van der Waals surface area contributed by atoms with Crippen molar-refractivity contribution < 1.29 is 4.74 Å². The molecule has 2 nitrogen and oxygen atoms in total. The van der Waals surface area contributed by atoms with Crippen molar-refractivity contribution in [1.82, 2.24) is 0 Å². The molecule has 0 bridgehead atoms. The Morgan fingerprint density at radius 2 is 1.82 bits per heavy atom. The second-order valence-electron chi connectivity index (χ2n) is 4.03. The maximum absolute atomic E-state index is 6.19. The molecule has 0 fully saturated rings. The molecule has 0 saturated heterocycles. The van der Waals surface area contributed by atoms with Crippen molar-refractivity contribution in [1.29, 1.82) is 0 Å². The molecule has 0 aromatic heterocycles. The first-order valence-corrected chi connectivity index (χ1v) is 5.95. The second kappa shape index (κ2) is 4.30. The van der Waals surface area contributed by atoms with Crippen molar-refractivity contribution in [2.24, 2.45) is 0 Å². The van der Waals surface area contributed by atoms with Gasteiger partial charge in [0.1, 0.15) is 12.4 Å². The van der Waals surface area contributed by atoms with Crippen molar-refractivity contribution in [2.45, 2.75) is 6.04 Å². The molecule has 17 heavy (non-hydrogen) atoms. The average Bonchev–Trinajstić information content (AvgIpc) is 2.39. The van der Waals surface area contributed by atoms with E-state index in [1.807, 2.05) is 48.5 Å². The second-order valence-corrected chi connectivity index (χ2v) is 4.43. The van der Waals surface area contributed by atoms with Crippen LogP contribution in [0.4, 0.5) is 5.69 Å². The zero-order chi connectivity index (χ0) is 11.7. The summed E-state index contributed by atoms with van der Waals surface area (Å²) < 4.78 is 5.72. The lowest BCUT2D eigenvalue weighted by Crippen LogP contribution is -2.24. The third-order valence-electron chi connectivity index (χ3n) is 2.90. The van der Waals surface area contributed by atoms with Crippen LogP contribution < -0.4 is 10.1 Å². The zero-order valence-electron chi connectivity index (χ0n) is 9.19. The summed E-state index contributed by atoms with van der Waals surface area (Å²) in [5.74, 6) is 0.899. The van der Waals surface area contributed by atoms with Crippen LogP contribution in [0, 0.1) is 0 Å². The van der Waals surface area contributed by atoms with Crippen LogP contribution in [-0.4, -0.2) is 6.61 Å². The van der Waals surface area contributed by atoms with Gasteiger partial charge in [0.05, 0.1) is 11.7 Å². The predicted molar refractivity (Wildman–Crippen MR) is 69.8 cm³/mol. The molecule has 0 amide bonds. The Kier molecular flexibility index (Phi) is 2.65. The molecule has 2 aromatic rings. The first-order valence-electron chi connectivity index (χ1n) is 5.57. The highest BCUT2D eigenvalue weighted by Gasteiger charge is 2.21. The third-order valence-corrected chi connectivity index (χ3v) is 3.25. The maximum Gasteiger partial charge on any atom is 0.142 e. The number of ether oxygens (including phenoxy) is 1.